The van der Waals surface area contributed by atoms with E-state index in [9.17, 15) is 0 Å². The van der Waals surface area contributed by atoms with Crippen LogP contribution in [-0.4, -0.2) is 51.3 Å². The van der Waals surface area contributed by atoms with E-state index in [1.807, 2.05) is 7.05 Å². The van der Waals surface area contributed by atoms with Crippen LogP contribution in [0.2, 0.25) is 0 Å². The normalized spacial score (nSPS) is 11.3. The molecule has 0 aromatic heterocycles. The third-order valence-electron chi connectivity index (χ3n) is 0.952. The first-order valence-electron chi connectivity index (χ1n) is 3.14. The van der Waals surface area contributed by atoms with Crippen molar-refractivity contribution >= 4 is 0 Å². The topological polar surface area (TPSA) is 18.5 Å². The van der Waals surface area contributed by atoms with Crippen molar-refractivity contribution in [3.05, 3.63) is 0 Å². The minimum atomic E-state index is 0.943. The lowest BCUT2D eigenvalue weighted by molar-refractivity contribution is 0.202. The predicted octanol–water partition coefficient (Wildman–Crippen LogP) is -0.386. The number of nitrogens with one attached hydrogen (secondary N) is 1. The smallest absolute Gasteiger partial charge is 0.0509 e. The molecule has 3 heteroatoms. The highest BCUT2D eigenvalue weighted by atomic mass is 15.3. The summed E-state index contributed by atoms with van der Waals surface area (Å²) in [5.74, 6) is 0. The molecule has 0 rings (SSSR count). The molecule has 0 heterocycles. The fourth-order valence-electron chi connectivity index (χ4n) is 0.803. The Hall–Kier alpha value is -0.120. The molecule has 1 N–H and O–H groups in total. The van der Waals surface area contributed by atoms with Crippen molar-refractivity contribution in [1.82, 2.24) is 15.1 Å². The molecule has 0 fully saturated rings. The minimum Gasteiger partial charge on any atom is -0.307 e. The van der Waals surface area contributed by atoms with E-state index >= 15 is 0 Å². The Kier molecular flexibility index (Phi) is 4.67. The van der Waals surface area contributed by atoms with Crippen LogP contribution in [0.4, 0.5) is 0 Å². The van der Waals surface area contributed by atoms with Crippen molar-refractivity contribution in [2.75, 3.05) is 41.5 Å². The lowest BCUT2D eigenvalue weighted by Crippen LogP contribution is -2.35. The molecule has 0 aliphatic heterocycles. The average molecular weight is 131 g/mol. The number of rotatable bonds is 4. The van der Waals surface area contributed by atoms with Gasteiger partial charge in [-0.3, -0.25) is 9.80 Å². The maximum absolute atomic E-state index is 3.07. The Morgan fingerprint density at radius 2 is 1.78 bits per heavy atom. The second-order valence-corrected chi connectivity index (χ2v) is 2.59. The van der Waals surface area contributed by atoms with Gasteiger partial charge in [-0.1, -0.05) is 0 Å². The molecule has 0 saturated carbocycles. The van der Waals surface area contributed by atoms with E-state index in [4.69, 9.17) is 0 Å². The van der Waals surface area contributed by atoms with Gasteiger partial charge in [0.1, 0.15) is 0 Å². The largest absolute Gasteiger partial charge is 0.307 e. The van der Waals surface area contributed by atoms with Crippen LogP contribution in [0.3, 0.4) is 0 Å². The third-order valence-corrected chi connectivity index (χ3v) is 0.952. The van der Waals surface area contributed by atoms with E-state index < -0.39 is 0 Å². The molecular weight excluding hydrogens is 114 g/mol. The summed E-state index contributed by atoms with van der Waals surface area (Å²) in [5, 5.41) is 3.07. The molecule has 0 aromatic carbocycles. The minimum absolute atomic E-state index is 0.943. The highest BCUT2D eigenvalue weighted by Crippen LogP contribution is 1.79. The van der Waals surface area contributed by atoms with Crippen LogP contribution in [0, 0.1) is 0 Å². The second-order valence-electron chi connectivity index (χ2n) is 2.59. The lowest BCUT2D eigenvalue weighted by atomic mass is 10.7. The zero-order chi connectivity index (χ0) is 7.28. The summed E-state index contributed by atoms with van der Waals surface area (Å²) in [7, 11) is 8.15. The molecule has 9 heavy (non-hydrogen) atoms. The van der Waals surface area contributed by atoms with Crippen LogP contribution >= 0.6 is 0 Å². The van der Waals surface area contributed by atoms with Crippen LogP contribution in [0.1, 0.15) is 0 Å². The molecule has 0 amide bonds. The molecule has 0 atom stereocenters. The van der Waals surface area contributed by atoms with Gasteiger partial charge in [0.05, 0.1) is 6.67 Å². The van der Waals surface area contributed by atoms with E-state index in [1.165, 1.54) is 0 Å². The zero-order valence-electron chi connectivity index (χ0n) is 6.81. The maximum atomic E-state index is 3.07. The van der Waals surface area contributed by atoms with Crippen molar-refractivity contribution in [3.8, 4) is 0 Å². The number of hydrogen-bond acceptors (Lipinski definition) is 3. The molecule has 0 radical (unpaired) electrons. The van der Waals surface area contributed by atoms with E-state index in [0.29, 0.717) is 0 Å². The first kappa shape index (κ1) is 8.88. The fraction of sp³-hybridized carbons (Fsp3) is 1.00. The SMILES string of the molecule is CNCN(C)CN(C)C. The maximum Gasteiger partial charge on any atom is 0.0509 e. The van der Waals surface area contributed by atoms with Gasteiger partial charge >= 0.3 is 0 Å². The lowest BCUT2D eigenvalue weighted by Gasteiger charge is -2.20. The highest BCUT2D eigenvalue weighted by molar-refractivity contribution is 4.43. The Balaban J connectivity index is 3.15. The highest BCUT2D eigenvalue weighted by Gasteiger charge is 1.94. The second kappa shape index (κ2) is 4.73. The summed E-state index contributed by atoms with van der Waals surface area (Å²) in [4.78, 5) is 4.33. The summed E-state index contributed by atoms with van der Waals surface area (Å²) < 4.78 is 0. The van der Waals surface area contributed by atoms with Gasteiger partial charge in [-0.2, -0.15) is 0 Å². The molecule has 0 aromatic rings. The summed E-state index contributed by atoms with van der Waals surface area (Å²) in [6.45, 7) is 1.94. The number of hydrogen-bond donors (Lipinski definition) is 1. The van der Waals surface area contributed by atoms with Gasteiger partial charge < -0.3 is 5.32 Å². The molecule has 0 aliphatic carbocycles. The first-order chi connectivity index (χ1) is 4.16. The summed E-state index contributed by atoms with van der Waals surface area (Å²) in [6.07, 6.45) is 0. The first-order valence-corrected chi connectivity index (χ1v) is 3.14. The van der Waals surface area contributed by atoms with Crippen LogP contribution in [0.25, 0.3) is 0 Å². The average Bonchev–Trinajstić information content (AvgIpc) is 1.63. The molecule has 0 saturated heterocycles. The molecule has 56 valence electrons. The van der Waals surface area contributed by atoms with Gasteiger partial charge in [0.2, 0.25) is 0 Å². The van der Waals surface area contributed by atoms with E-state index in [-0.39, 0.29) is 0 Å². The quantitative estimate of drug-likeness (QED) is 0.524. The molecule has 3 nitrogen and oxygen atoms in total. The van der Waals surface area contributed by atoms with Crippen molar-refractivity contribution in [2.45, 2.75) is 0 Å². The van der Waals surface area contributed by atoms with Crippen LogP contribution in [0.5, 0.6) is 0 Å². The van der Waals surface area contributed by atoms with Crippen molar-refractivity contribution in [2.24, 2.45) is 0 Å². The zero-order valence-corrected chi connectivity index (χ0v) is 6.81. The molecule has 0 aliphatic rings. The standard InChI is InChI=1S/C6H17N3/c1-7-5-9(4)6-8(2)3/h7H,5-6H2,1-4H3. The Morgan fingerprint density at radius 3 is 2.11 bits per heavy atom. The van der Waals surface area contributed by atoms with Crippen molar-refractivity contribution < 1.29 is 0 Å². The number of nitrogens with zero attached hydrogens (tertiary/aromatic N) is 2. The van der Waals surface area contributed by atoms with Gasteiger partial charge in [-0.15, -0.1) is 0 Å². The third kappa shape index (κ3) is 5.76. The van der Waals surface area contributed by atoms with E-state index in [1.54, 1.807) is 0 Å². The summed E-state index contributed by atoms with van der Waals surface area (Å²) in [5.41, 5.74) is 0. The fourth-order valence-corrected chi connectivity index (χ4v) is 0.803. The van der Waals surface area contributed by atoms with E-state index in [0.717, 1.165) is 13.3 Å². The monoisotopic (exact) mass is 131 g/mol. The van der Waals surface area contributed by atoms with Gasteiger partial charge in [0.25, 0.3) is 0 Å². The molecule has 0 spiro atoms. The molecule has 0 bridgehead atoms. The Bertz CT molecular complexity index is 63.3. The van der Waals surface area contributed by atoms with Crippen molar-refractivity contribution in [1.29, 1.82) is 0 Å². The Morgan fingerprint density at radius 1 is 1.22 bits per heavy atom. The predicted molar refractivity (Wildman–Crippen MR) is 40.2 cm³/mol. The van der Waals surface area contributed by atoms with Gasteiger partial charge in [-0.25, -0.2) is 0 Å². The molecule has 0 unspecified atom stereocenters. The summed E-state index contributed by atoms with van der Waals surface area (Å²) >= 11 is 0. The van der Waals surface area contributed by atoms with Crippen LogP contribution in [-0.2, 0) is 0 Å². The van der Waals surface area contributed by atoms with Gasteiger partial charge in [-0.05, 0) is 28.2 Å². The van der Waals surface area contributed by atoms with Crippen molar-refractivity contribution in [3.63, 3.8) is 0 Å². The summed E-state index contributed by atoms with van der Waals surface area (Å²) in [6, 6.07) is 0. The molecular formula is C6H17N3. The van der Waals surface area contributed by atoms with Gasteiger partial charge in [0, 0.05) is 6.67 Å². The van der Waals surface area contributed by atoms with Crippen LogP contribution < -0.4 is 5.32 Å². The Labute approximate surface area is 57.6 Å². The van der Waals surface area contributed by atoms with Crippen LogP contribution in [0.15, 0.2) is 0 Å². The van der Waals surface area contributed by atoms with E-state index in [2.05, 4.69) is 36.3 Å². The van der Waals surface area contributed by atoms with Gasteiger partial charge in [0.15, 0.2) is 0 Å².